The fourth-order valence-electron chi connectivity index (χ4n) is 3.11. The van der Waals surface area contributed by atoms with Gasteiger partial charge in [-0.3, -0.25) is 4.79 Å². The van der Waals surface area contributed by atoms with Crippen LogP contribution in [0.5, 0.6) is 0 Å². The minimum Gasteiger partial charge on any atom is -0.463 e. The zero-order valence-corrected chi connectivity index (χ0v) is 11.1. The molecular formula is C13H18O5. The van der Waals surface area contributed by atoms with Crippen molar-refractivity contribution < 1.29 is 23.8 Å². The highest BCUT2D eigenvalue weighted by molar-refractivity contribution is 5.81. The topological polar surface area (TPSA) is 61.8 Å². The molecule has 0 spiro atoms. The van der Waals surface area contributed by atoms with Gasteiger partial charge in [0.05, 0.1) is 12.5 Å². The maximum absolute atomic E-state index is 11.7. The molecule has 3 aliphatic rings. The third-order valence-electron chi connectivity index (χ3n) is 4.47. The summed E-state index contributed by atoms with van der Waals surface area (Å²) >= 11 is 0. The van der Waals surface area contributed by atoms with Crippen LogP contribution in [0.1, 0.15) is 27.7 Å². The van der Waals surface area contributed by atoms with Gasteiger partial charge in [-0.15, -0.1) is 0 Å². The molecule has 0 aromatic carbocycles. The summed E-state index contributed by atoms with van der Waals surface area (Å²) in [6.07, 6.45) is -1.25. The lowest BCUT2D eigenvalue weighted by Gasteiger charge is -2.26. The van der Waals surface area contributed by atoms with E-state index in [1.54, 1.807) is 0 Å². The Labute approximate surface area is 106 Å². The average molecular weight is 254 g/mol. The summed E-state index contributed by atoms with van der Waals surface area (Å²) in [7, 11) is 0. The van der Waals surface area contributed by atoms with Gasteiger partial charge < -0.3 is 14.2 Å². The predicted molar refractivity (Wildman–Crippen MR) is 60.3 cm³/mol. The van der Waals surface area contributed by atoms with Gasteiger partial charge in [-0.2, -0.15) is 0 Å². The third kappa shape index (κ3) is 1.43. The lowest BCUT2D eigenvalue weighted by atomic mass is 9.90. The largest absolute Gasteiger partial charge is 0.463 e. The molecule has 5 heteroatoms. The Kier molecular flexibility index (Phi) is 2.17. The molecule has 3 fully saturated rings. The highest BCUT2D eigenvalue weighted by atomic mass is 16.7. The molecule has 2 heterocycles. The van der Waals surface area contributed by atoms with Gasteiger partial charge in [-0.1, -0.05) is 27.7 Å². The van der Waals surface area contributed by atoms with Crippen molar-refractivity contribution in [1.29, 1.82) is 0 Å². The molecular weight excluding hydrogens is 236 g/mol. The summed E-state index contributed by atoms with van der Waals surface area (Å²) in [5.74, 6) is -0.589. The lowest BCUT2D eigenvalue weighted by molar-refractivity contribution is -0.198. The van der Waals surface area contributed by atoms with Crippen molar-refractivity contribution in [2.24, 2.45) is 22.7 Å². The van der Waals surface area contributed by atoms with Crippen molar-refractivity contribution >= 4 is 11.9 Å². The standard InChI is InChI=1S/C13H18O5/c1-12(2)5-16-10(15)8(12)17-11-7-6(9(14)18-11)13(7,3)4/h6-8,11H,5H2,1-4H3/t6?,7?,8-,11-/m1/s1. The molecule has 2 saturated heterocycles. The average Bonchev–Trinajstić information content (AvgIpc) is 2.52. The van der Waals surface area contributed by atoms with Crippen LogP contribution in [-0.4, -0.2) is 30.9 Å². The number of hydrogen-bond donors (Lipinski definition) is 0. The van der Waals surface area contributed by atoms with Gasteiger partial charge in [0.15, 0.2) is 6.10 Å². The minimum absolute atomic E-state index is 0.0641. The number of fused-ring (bicyclic) bond motifs is 1. The predicted octanol–water partition coefficient (Wildman–Crippen LogP) is 1.11. The maximum atomic E-state index is 11.7. The first-order valence-corrected chi connectivity index (χ1v) is 6.28. The van der Waals surface area contributed by atoms with Gasteiger partial charge in [-0.25, -0.2) is 4.79 Å². The molecule has 2 unspecified atom stereocenters. The monoisotopic (exact) mass is 254 g/mol. The first-order valence-electron chi connectivity index (χ1n) is 6.28. The molecule has 0 N–H and O–H groups in total. The van der Waals surface area contributed by atoms with Gasteiger partial charge in [0.2, 0.25) is 6.29 Å². The van der Waals surface area contributed by atoms with Crippen LogP contribution in [-0.2, 0) is 23.8 Å². The van der Waals surface area contributed by atoms with Crippen molar-refractivity contribution in [3.8, 4) is 0 Å². The summed E-state index contributed by atoms with van der Waals surface area (Å²) < 4.78 is 16.0. The van der Waals surface area contributed by atoms with Crippen LogP contribution in [0.4, 0.5) is 0 Å². The Bertz CT molecular complexity index is 425. The fourth-order valence-corrected chi connectivity index (χ4v) is 3.11. The molecule has 0 amide bonds. The minimum atomic E-state index is -0.648. The quantitative estimate of drug-likeness (QED) is 0.691. The Morgan fingerprint density at radius 3 is 2.28 bits per heavy atom. The summed E-state index contributed by atoms with van der Waals surface area (Å²) in [4.78, 5) is 23.3. The van der Waals surface area contributed by atoms with Gasteiger partial charge in [0.25, 0.3) is 0 Å². The number of carbonyl (C=O) groups excluding carboxylic acids is 2. The molecule has 0 bridgehead atoms. The van der Waals surface area contributed by atoms with E-state index in [2.05, 4.69) is 0 Å². The van der Waals surface area contributed by atoms with Crippen LogP contribution in [0.2, 0.25) is 0 Å². The molecule has 0 radical (unpaired) electrons. The van der Waals surface area contributed by atoms with E-state index < -0.39 is 12.4 Å². The van der Waals surface area contributed by atoms with E-state index in [-0.39, 0.29) is 34.6 Å². The zero-order chi connectivity index (χ0) is 13.3. The first kappa shape index (κ1) is 12.0. The Hall–Kier alpha value is -1.10. The molecule has 18 heavy (non-hydrogen) atoms. The fraction of sp³-hybridized carbons (Fsp3) is 0.846. The number of ether oxygens (including phenoxy) is 3. The molecule has 100 valence electrons. The molecule has 0 aromatic heterocycles. The van der Waals surface area contributed by atoms with Gasteiger partial charge >= 0.3 is 11.9 Å². The number of esters is 2. The van der Waals surface area contributed by atoms with Gasteiger partial charge in [0, 0.05) is 11.3 Å². The van der Waals surface area contributed by atoms with Crippen molar-refractivity contribution in [1.82, 2.24) is 0 Å². The third-order valence-corrected chi connectivity index (χ3v) is 4.47. The summed E-state index contributed by atoms with van der Waals surface area (Å²) in [6, 6.07) is 0. The Morgan fingerprint density at radius 1 is 1.17 bits per heavy atom. The Balaban J connectivity index is 1.75. The maximum Gasteiger partial charge on any atom is 0.336 e. The van der Waals surface area contributed by atoms with Gasteiger partial charge in [-0.05, 0) is 5.41 Å². The highest BCUT2D eigenvalue weighted by Gasteiger charge is 2.72. The molecule has 0 aromatic rings. The van der Waals surface area contributed by atoms with Crippen molar-refractivity contribution in [3.63, 3.8) is 0 Å². The van der Waals surface area contributed by atoms with Crippen LogP contribution in [0.25, 0.3) is 0 Å². The smallest absolute Gasteiger partial charge is 0.336 e. The summed E-state index contributed by atoms with van der Waals surface area (Å²) in [5.41, 5.74) is -0.451. The SMILES string of the molecule is CC1(C)C2C(=O)O[C@@H](O[C@@H]3C(=O)OCC3(C)C)C21. The number of hydrogen-bond acceptors (Lipinski definition) is 5. The first-order chi connectivity index (χ1) is 8.25. The highest BCUT2D eigenvalue weighted by Crippen LogP contribution is 2.65. The summed E-state index contributed by atoms with van der Waals surface area (Å²) in [5, 5.41) is 0. The van der Waals surface area contributed by atoms with Crippen molar-refractivity contribution in [2.45, 2.75) is 40.1 Å². The zero-order valence-electron chi connectivity index (χ0n) is 11.1. The molecule has 3 rings (SSSR count). The van der Waals surface area contributed by atoms with Crippen LogP contribution in [0.3, 0.4) is 0 Å². The number of carbonyl (C=O) groups is 2. The van der Waals surface area contributed by atoms with E-state index in [0.717, 1.165) is 0 Å². The van der Waals surface area contributed by atoms with E-state index in [4.69, 9.17) is 14.2 Å². The molecule has 2 aliphatic heterocycles. The van der Waals surface area contributed by atoms with E-state index in [9.17, 15) is 9.59 Å². The second kappa shape index (κ2) is 3.26. The molecule has 4 atom stereocenters. The number of rotatable bonds is 2. The molecule has 1 saturated carbocycles. The van der Waals surface area contributed by atoms with Crippen molar-refractivity contribution in [2.75, 3.05) is 6.61 Å². The molecule has 1 aliphatic carbocycles. The van der Waals surface area contributed by atoms with Crippen molar-refractivity contribution in [3.05, 3.63) is 0 Å². The van der Waals surface area contributed by atoms with E-state index in [0.29, 0.717) is 6.61 Å². The Morgan fingerprint density at radius 2 is 1.83 bits per heavy atom. The molecule has 5 nitrogen and oxygen atoms in total. The normalized spacial score (nSPS) is 43.3. The second-order valence-electron chi connectivity index (χ2n) is 6.74. The van der Waals surface area contributed by atoms with E-state index in [1.807, 2.05) is 27.7 Å². The van der Waals surface area contributed by atoms with Crippen LogP contribution in [0.15, 0.2) is 0 Å². The van der Waals surface area contributed by atoms with Crippen LogP contribution < -0.4 is 0 Å². The number of cyclic esters (lactones) is 2. The van der Waals surface area contributed by atoms with Crippen LogP contribution >= 0.6 is 0 Å². The lowest BCUT2D eigenvalue weighted by Crippen LogP contribution is -2.38. The van der Waals surface area contributed by atoms with Gasteiger partial charge in [0.1, 0.15) is 0 Å². The van der Waals surface area contributed by atoms with E-state index in [1.165, 1.54) is 0 Å². The summed E-state index contributed by atoms with van der Waals surface area (Å²) in [6.45, 7) is 8.22. The second-order valence-corrected chi connectivity index (χ2v) is 6.74. The van der Waals surface area contributed by atoms with Crippen LogP contribution in [0, 0.1) is 22.7 Å². The van der Waals surface area contributed by atoms with E-state index >= 15 is 0 Å².